The van der Waals surface area contributed by atoms with Gasteiger partial charge in [0.15, 0.2) is 12.6 Å². The van der Waals surface area contributed by atoms with Crippen LogP contribution in [0.2, 0.25) is 0 Å². The summed E-state index contributed by atoms with van der Waals surface area (Å²) in [4.78, 5) is 12.8. The topological polar surface area (TPSA) is 236 Å². The van der Waals surface area contributed by atoms with Crippen LogP contribution in [0, 0.1) is 40.4 Å². The van der Waals surface area contributed by atoms with Crippen molar-refractivity contribution in [2.45, 2.75) is 166 Å². The minimum atomic E-state index is -1.64. The van der Waals surface area contributed by atoms with Crippen molar-refractivity contribution in [2.24, 2.45) is 40.4 Å². The summed E-state index contributed by atoms with van der Waals surface area (Å²) in [5.74, 6) is -1.36. The number of carboxylic acids is 1. The molecule has 6 rings (SSSR count). The summed E-state index contributed by atoms with van der Waals surface area (Å²) >= 11 is 0. The first kappa shape index (κ1) is 42.1. The number of aliphatic hydroxyl groups is 8. The van der Waals surface area contributed by atoms with Crippen molar-refractivity contribution in [3.8, 4) is 0 Å². The Bertz CT molecular complexity index is 1390. The smallest absolute Gasteiger partial charge is 0.306 e. The van der Waals surface area contributed by atoms with Crippen molar-refractivity contribution in [1.29, 1.82) is 0 Å². The highest BCUT2D eigenvalue weighted by Crippen LogP contribution is 2.65. The number of aliphatic hydroxyl groups excluding tert-OH is 7. The number of allylic oxidation sites excluding steroid dienone is 4. The normalized spacial score (nSPS) is 46.0. The Hall–Kier alpha value is -1.53. The van der Waals surface area contributed by atoms with Crippen molar-refractivity contribution < 1.29 is 69.7 Å². The molecule has 14 nitrogen and oxygen atoms in total. The van der Waals surface area contributed by atoms with Crippen molar-refractivity contribution >= 4 is 5.97 Å². The molecule has 308 valence electrons. The standard InChI is InChI=1S/C40H64O14/c1-19(2)40(50,20(3)42)15-11-24(35(48)49)26-9-8-25-23-7-6-21-16-22(10-13-38(21,4)27(23)12-14-39(25,26)5)52-37-34(32(46)31(45)29(17-41)53-37)54-36-33(47)30(44)28(43)18-51-36/h7,12,19-22,24-26,28-34,36-37,41-47,50H,6,8-11,13-18H2,1-5H3,(H,48,49). The summed E-state index contributed by atoms with van der Waals surface area (Å²) < 4.78 is 23.7. The van der Waals surface area contributed by atoms with E-state index in [0.717, 1.165) is 32.1 Å². The van der Waals surface area contributed by atoms with Gasteiger partial charge in [0.05, 0.1) is 36.9 Å². The highest BCUT2D eigenvalue weighted by Gasteiger charge is 2.58. The molecule has 0 amide bonds. The van der Waals surface area contributed by atoms with Crippen LogP contribution in [-0.4, -0.2) is 138 Å². The van der Waals surface area contributed by atoms with E-state index < -0.39 is 85.5 Å². The van der Waals surface area contributed by atoms with E-state index >= 15 is 0 Å². The van der Waals surface area contributed by atoms with Crippen molar-refractivity contribution in [2.75, 3.05) is 13.2 Å². The number of carbonyl (C=O) groups is 1. The van der Waals surface area contributed by atoms with E-state index in [1.54, 1.807) is 6.92 Å². The summed E-state index contributed by atoms with van der Waals surface area (Å²) in [5, 5.41) is 94.3. The van der Waals surface area contributed by atoms with Gasteiger partial charge in [-0.3, -0.25) is 4.79 Å². The second-order valence-electron chi connectivity index (χ2n) is 18.0. The van der Waals surface area contributed by atoms with Crippen LogP contribution in [0.5, 0.6) is 0 Å². The summed E-state index contributed by atoms with van der Waals surface area (Å²) in [7, 11) is 0. The predicted octanol–water partition coefficient (Wildman–Crippen LogP) is 1.38. The Balaban J connectivity index is 1.16. The monoisotopic (exact) mass is 768 g/mol. The molecule has 2 aliphatic heterocycles. The molecule has 9 N–H and O–H groups in total. The molecule has 4 aliphatic carbocycles. The maximum absolute atomic E-state index is 12.8. The number of rotatable bonds is 12. The molecule has 0 spiro atoms. The van der Waals surface area contributed by atoms with Gasteiger partial charge in [0.1, 0.15) is 42.7 Å². The lowest BCUT2D eigenvalue weighted by Crippen LogP contribution is -2.63. The van der Waals surface area contributed by atoms with E-state index in [2.05, 4.69) is 26.0 Å². The van der Waals surface area contributed by atoms with Gasteiger partial charge in [-0.05, 0) is 110 Å². The number of carboxylic acid groups (broad SMARTS) is 1. The van der Waals surface area contributed by atoms with Crippen LogP contribution in [0.1, 0.15) is 92.4 Å². The second-order valence-corrected chi connectivity index (χ2v) is 18.0. The molecule has 4 fully saturated rings. The van der Waals surface area contributed by atoms with E-state index in [4.69, 9.17) is 18.9 Å². The maximum atomic E-state index is 12.8. The molecule has 0 radical (unpaired) electrons. The summed E-state index contributed by atoms with van der Waals surface area (Å²) in [6.07, 6.45) is -3.58. The highest BCUT2D eigenvalue weighted by molar-refractivity contribution is 5.70. The Morgan fingerprint density at radius 1 is 0.981 bits per heavy atom. The first-order chi connectivity index (χ1) is 25.4. The fourth-order valence-electron chi connectivity index (χ4n) is 11.1. The Morgan fingerprint density at radius 2 is 1.70 bits per heavy atom. The lowest BCUT2D eigenvalue weighted by molar-refractivity contribution is -0.363. The van der Waals surface area contributed by atoms with Crippen LogP contribution in [-0.2, 0) is 23.7 Å². The van der Waals surface area contributed by atoms with Crippen molar-refractivity contribution in [3.05, 3.63) is 23.3 Å². The minimum absolute atomic E-state index is 0.0745. The summed E-state index contributed by atoms with van der Waals surface area (Å²) in [6, 6.07) is 0. The maximum Gasteiger partial charge on any atom is 0.306 e. The molecule has 0 aromatic rings. The molecule has 0 aromatic heterocycles. The zero-order chi connectivity index (χ0) is 39.5. The summed E-state index contributed by atoms with van der Waals surface area (Å²) in [6.45, 7) is 8.90. The van der Waals surface area contributed by atoms with Crippen LogP contribution in [0.15, 0.2) is 23.3 Å². The molecule has 2 saturated carbocycles. The Labute approximate surface area is 317 Å². The molecule has 2 saturated heterocycles. The SMILES string of the molecule is CC(C)C(O)(CCC(C(=O)O)C1CCC2C3=CCC4CC(OC5OC(CO)C(O)C(O)C5OC5OCC(O)C(O)C5O)CCC4(C)C3=CCC21C)C(C)O. The van der Waals surface area contributed by atoms with Crippen LogP contribution < -0.4 is 0 Å². The van der Waals surface area contributed by atoms with E-state index in [1.807, 2.05) is 13.8 Å². The molecule has 6 aliphatic rings. The van der Waals surface area contributed by atoms with Gasteiger partial charge in [-0.25, -0.2) is 0 Å². The number of hydrogen-bond donors (Lipinski definition) is 9. The van der Waals surface area contributed by atoms with Gasteiger partial charge in [0, 0.05) is 0 Å². The summed E-state index contributed by atoms with van der Waals surface area (Å²) in [5.41, 5.74) is 0.886. The molecular formula is C40H64O14. The van der Waals surface area contributed by atoms with E-state index in [-0.39, 0.29) is 53.6 Å². The average molecular weight is 769 g/mol. The molecule has 18 atom stereocenters. The third kappa shape index (κ3) is 7.37. The number of aliphatic carboxylic acids is 1. The molecule has 0 aromatic carbocycles. The van der Waals surface area contributed by atoms with Crippen LogP contribution >= 0.6 is 0 Å². The number of fused-ring (bicyclic) bond motifs is 5. The van der Waals surface area contributed by atoms with Crippen molar-refractivity contribution in [1.82, 2.24) is 0 Å². The average Bonchev–Trinajstić information content (AvgIpc) is 3.47. The third-order valence-electron chi connectivity index (χ3n) is 14.8. The molecule has 18 unspecified atom stereocenters. The fourth-order valence-corrected chi connectivity index (χ4v) is 11.1. The number of ether oxygens (including phenoxy) is 4. The van der Waals surface area contributed by atoms with Crippen LogP contribution in [0.3, 0.4) is 0 Å². The third-order valence-corrected chi connectivity index (χ3v) is 14.8. The first-order valence-corrected chi connectivity index (χ1v) is 20.0. The largest absolute Gasteiger partial charge is 0.481 e. The zero-order valence-corrected chi connectivity index (χ0v) is 32.2. The zero-order valence-electron chi connectivity index (χ0n) is 32.2. The van der Waals surface area contributed by atoms with Gasteiger partial charge in [0.25, 0.3) is 0 Å². The van der Waals surface area contributed by atoms with Gasteiger partial charge in [-0.15, -0.1) is 0 Å². The molecule has 0 bridgehead atoms. The lowest BCUT2D eigenvalue weighted by Gasteiger charge is -2.54. The Kier molecular flexibility index (Phi) is 12.5. The van der Waals surface area contributed by atoms with Gasteiger partial charge >= 0.3 is 5.97 Å². The lowest BCUT2D eigenvalue weighted by atomic mass is 9.51. The minimum Gasteiger partial charge on any atom is -0.481 e. The van der Waals surface area contributed by atoms with Gasteiger partial charge in [0.2, 0.25) is 0 Å². The fraction of sp³-hybridized carbons (Fsp3) is 0.875. The van der Waals surface area contributed by atoms with Gasteiger partial charge in [-0.2, -0.15) is 0 Å². The van der Waals surface area contributed by atoms with Crippen LogP contribution in [0.25, 0.3) is 0 Å². The van der Waals surface area contributed by atoms with E-state index in [9.17, 15) is 50.8 Å². The van der Waals surface area contributed by atoms with Crippen LogP contribution in [0.4, 0.5) is 0 Å². The van der Waals surface area contributed by atoms with Gasteiger partial charge < -0.3 is 64.9 Å². The van der Waals surface area contributed by atoms with E-state index in [0.29, 0.717) is 19.3 Å². The molecular weight excluding hydrogens is 704 g/mol. The highest BCUT2D eigenvalue weighted by atomic mass is 16.8. The van der Waals surface area contributed by atoms with E-state index in [1.165, 1.54) is 11.1 Å². The van der Waals surface area contributed by atoms with Crippen molar-refractivity contribution in [3.63, 3.8) is 0 Å². The molecule has 14 heteroatoms. The first-order valence-electron chi connectivity index (χ1n) is 20.0. The predicted molar refractivity (Wildman–Crippen MR) is 192 cm³/mol. The molecule has 54 heavy (non-hydrogen) atoms. The number of hydrogen-bond acceptors (Lipinski definition) is 13. The quantitative estimate of drug-likeness (QED) is 0.137. The Morgan fingerprint density at radius 3 is 2.35 bits per heavy atom. The molecule has 2 heterocycles. The van der Waals surface area contributed by atoms with Gasteiger partial charge in [-0.1, -0.05) is 39.8 Å². The second kappa shape index (κ2) is 16.0.